The smallest absolute Gasteiger partial charge is 0.255 e. The zero-order valence-electron chi connectivity index (χ0n) is 33.3. The van der Waals surface area contributed by atoms with Crippen LogP contribution in [0.2, 0.25) is 0 Å². The van der Waals surface area contributed by atoms with Gasteiger partial charge in [-0.25, -0.2) is 0 Å². The molecule has 14 nitrogen and oxygen atoms in total. The van der Waals surface area contributed by atoms with Crippen LogP contribution in [-0.2, 0) is 0 Å². The molecule has 8 N–H and O–H groups in total. The molecule has 0 saturated heterocycles. The SMILES string of the molecule is Nc1ccc(C(=O)Nc2cccc3c2C(=O)c2cccc(NC(=O)c4ccc(C(=O)Nc5cccc6c5C(=O)c5cccc(NC(=O)c7ccc(N)cc7)c5C6=O)cc4)c2C3=O)cc1. The van der Waals surface area contributed by atoms with E-state index >= 15 is 0 Å². The van der Waals surface area contributed by atoms with Crippen LogP contribution in [0.4, 0.5) is 34.1 Å². The average molecular weight is 845 g/mol. The van der Waals surface area contributed by atoms with Gasteiger partial charge in [0.1, 0.15) is 0 Å². The fourth-order valence-electron chi connectivity index (χ4n) is 7.72. The van der Waals surface area contributed by atoms with E-state index in [0.29, 0.717) is 22.5 Å². The number of anilines is 6. The summed E-state index contributed by atoms with van der Waals surface area (Å²) >= 11 is 0. The van der Waals surface area contributed by atoms with Crippen molar-refractivity contribution >= 4 is 80.9 Å². The van der Waals surface area contributed by atoms with Crippen molar-refractivity contribution in [3.63, 3.8) is 0 Å². The average Bonchev–Trinajstić information content (AvgIpc) is 3.30. The van der Waals surface area contributed by atoms with Crippen molar-refractivity contribution in [3.05, 3.63) is 212 Å². The molecule has 0 radical (unpaired) electrons. The molecule has 0 bridgehead atoms. The van der Waals surface area contributed by atoms with Gasteiger partial charge in [-0.2, -0.15) is 0 Å². The van der Waals surface area contributed by atoms with Crippen molar-refractivity contribution in [2.45, 2.75) is 0 Å². The highest BCUT2D eigenvalue weighted by molar-refractivity contribution is 6.34. The molecule has 7 aromatic carbocycles. The van der Waals surface area contributed by atoms with E-state index < -0.39 is 46.8 Å². The predicted octanol–water partition coefficient (Wildman–Crippen LogP) is 7.41. The van der Waals surface area contributed by atoms with Gasteiger partial charge < -0.3 is 32.7 Å². The van der Waals surface area contributed by atoms with Crippen LogP contribution in [0.25, 0.3) is 0 Å². The first kappa shape index (κ1) is 40.1. The largest absolute Gasteiger partial charge is 0.399 e. The van der Waals surface area contributed by atoms with Crippen LogP contribution in [0, 0.1) is 0 Å². The van der Waals surface area contributed by atoms with Crippen LogP contribution in [0.5, 0.6) is 0 Å². The number of rotatable bonds is 8. The molecule has 0 spiro atoms. The third-order valence-corrected chi connectivity index (χ3v) is 10.9. The molecular formula is C50H32N6O8. The highest BCUT2D eigenvalue weighted by atomic mass is 16.2. The maximum Gasteiger partial charge on any atom is 0.255 e. The number of hydrogen-bond acceptors (Lipinski definition) is 10. The van der Waals surface area contributed by atoms with Crippen molar-refractivity contribution in [2.24, 2.45) is 0 Å². The fraction of sp³-hybridized carbons (Fsp3) is 0. The fourth-order valence-corrected chi connectivity index (χ4v) is 7.72. The summed E-state index contributed by atoms with van der Waals surface area (Å²) in [5, 5.41) is 10.9. The first-order chi connectivity index (χ1) is 30.9. The van der Waals surface area contributed by atoms with E-state index in [0.717, 1.165) is 0 Å². The molecule has 0 fully saturated rings. The normalized spacial score (nSPS) is 12.2. The Morgan fingerprint density at radius 2 is 0.500 bits per heavy atom. The number of nitrogen functional groups attached to an aromatic ring is 2. The Kier molecular flexibility index (Phi) is 10.00. The lowest BCUT2D eigenvalue weighted by molar-refractivity contribution is 0.0977. The van der Waals surface area contributed by atoms with Crippen molar-refractivity contribution in [1.29, 1.82) is 0 Å². The van der Waals surface area contributed by atoms with Gasteiger partial charge in [-0.1, -0.05) is 48.5 Å². The number of ketones is 4. The maximum atomic E-state index is 14.0. The third kappa shape index (κ3) is 7.12. The Morgan fingerprint density at radius 1 is 0.297 bits per heavy atom. The van der Waals surface area contributed by atoms with Gasteiger partial charge in [0.2, 0.25) is 0 Å². The number of carbonyl (C=O) groups excluding carboxylic acids is 8. The van der Waals surface area contributed by atoms with Crippen LogP contribution >= 0.6 is 0 Å². The lowest BCUT2D eigenvalue weighted by Crippen LogP contribution is -2.26. The first-order valence-electron chi connectivity index (χ1n) is 19.7. The van der Waals surface area contributed by atoms with Crippen LogP contribution in [0.3, 0.4) is 0 Å². The summed E-state index contributed by atoms with van der Waals surface area (Å²) in [5.74, 6) is -4.41. The van der Waals surface area contributed by atoms with E-state index in [2.05, 4.69) is 21.3 Å². The van der Waals surface area contributed by atoms with E-state index in [1.807, 2.05) is 0 Å². The minimum Gasteiger partial charge on any atom is -0.399 e. The van der Waals surface area contributed by atoms with Gasteiger partial charge in [-0.3, -0.25) is 38.4 Å². The van der Waals surface area contributed by atoms with Crippen molar-refractivity contribution in [3.8, 4) is 0 Å². The molecule has 2 aliphatic rings. The first-order valence-corrected chi connectivity index (χ1v) is 19.7. The molecule has 2 aliphatic carbocycles. The number of hydrogen-bond donors (Lipinski definition) is 6. The minimum atomic E-state index is -0.639. The molecule has 0 aliphatic heterocycles. The topological polar surface area (TPSA) is 237 Å². The number of fused-ring (bicyclic) bond motifs is 4. The molecular weight excluding hydrogens is 813 g/mol. The summed E-state index contributed by atoms with van der Waals surface area (Å²) in [6.45, 7) is 0. The van der Waals surface area contributed by atoms with Crippen LogP contribution < -0.4 is 32.7 Å². The van der Waals surface area contributed by atoms with Gasteiger partial charge in [-0.15, -0.1) is 0 Å². The maximum absolute atomic E-state index is 14.0. The van der Waals surface area contributed by atoms with Gasteiger partial charge in [0.25, 0.3) is 23.6 Å². The molecule has 7 aromatic rings. The highest BCUT2D eigenvalue weighted by Crippen LogP contribution is 2.37. The van der Waals surface area contributed by atoms with E-state index in [-0.39, 0.29) is 78.4 Å². The lowest BCUT2D eigenvalue weighted by atomic mass is 9.82. The van der Waals surface area contributed by atoms with E-state index in [1.165, 1.54) is 109 Å². The Bertz CT molecular complexity index is 3000. The Morgan fingerprint density at radius 3 is 0.719 bits per heavy atom. The standard InChI is InChI=1S/C50H32N6O8/c51-29-21-17-27(18-22-29)49(63)55-37-11-3-7-33-41(37)45(59)31-5-1-9-35(39(31)43(33)57)53-47(61)25-13-15-26(16-14-25)48(62)54-36-10-2-6-32-40(36)44(58)34-8-4-12-38(42(34)46(32)60)56-50(64)28-19-23-30(52)24-20-28/h1-24H,51-52H2,(H,53,61)(H,54,62)(H,55,63)(H,56,64). The zero-order valence-corrected chi connectivity index (χ0v) is 33.3. The minimum absolute atomic E-state index is 0.0171. The molecule has 0 atom stereocenters. The number of carbonyl (C=O) groups is 8. The van der Waals surface area contributed by atoms with E-state index in [4.69, 9.17) is 11.5 Å². The van der Waals surface area contributed by atoms with Gasteiger partial charge in [-0.05, 0) is 97.1 Å². The van der Waals surface area contributed by atoms with Crippen LogP contribution in [0.15, 0.2) is 146 Å². The number of benzene rings is 7. The summed E-state index contributed by atoms with van der Waals surface area (Å²) in [6.07, 6.45) is 0. The second kappa shape index (κ2) is 15.9. The zero-order chi connectivity index (χ0) is 44.8. The van der Waals surface area contributed by atoms with Crippen molar-refractivity contribution in [2.75, 3.05) is 32.7 Å². The van der Waals surface area contributed by atoms with Crippen LogP contribution in [-0.4, -0.2) is 46.8 Å². The third-order valence-electron chi connectivity index (χ3n) is 10.9. The highest BCUT2D eigenvalue weighted by Gasteiger charge is 2.36. The van der Waals surface area contributed by atoms with Crippen molar-refractivity contribution < 1.29 is 38.4 Å². The van der Waals surface area contributed by atoms with Gasteiger partial charge in [0.15, 0.2) is 23.1 Å². The summed E-state index contributed by atoms with van der Waals surface area (Å²) in [7, 11) is 0. The molecule has 0 heterocycles. The predicted molar refractivity (Wildman–Crippen MR) is 239 cm³/mol. The number of amides is 4. The summed E-state index contributed by atoms with van der Waals surface area (Å²) in [6, 6.07) is 36.0. The molecule has 310 valence electrons. The number of nitrogens with two attached hydrogens (primary N) is 2. The molecule has 64 heavy (non-hydrogen) atoms. The van der Waals surface area contributed by atoms with Crippen molar-refractivity contribution in [1.82, 2.24) is 0 Å². The second-order valence-corrected chi connectivity index (χ2v) is 14.9. The summed E-state index contributed by atoms with van der Waals surface area (Å²) in [4.78, 5) is 109. The van der Waals surface area contributed by atoms with Gasteiger partial charge >= 0.3 is 0 Å². The lowest BCUT2D eigenvalue weighted by Gasteiger charge is -2.23. The van der Waals surface area contributed by atoms with E-state index in [9.17, 15) is 38.4 Å². The molecule has 0 unspecified atom stereocenters. The number of nitrogens with one attached hydrogen (secondary N) is 4. The van der Waals surface area contributed by atoms with E-state index in [1.54, 1.807) is 36.4 Å². The Hall–Kier alpha value is -9.30. The van der Waals surface area contributed by atoms with Gasteiger partial charge in [0, 0.05) is 55.9 Å². The molecule has 0 saturated carbocycles. The molecule has 14 heteroatoms. The summed E-state index contributed by atoms with van der Waals surface area (Å²) in [5.41, 5.74) is 13.9. The molecule has 4 amide bonds. The second-order valence-electron chi connectivity index (χ2n) is 14.9. The van der Waals surface area contributed by atoms with Gasteiger partial charge in [0.05, 0.1) is 45.0 Å². The molecule has 0 aromatic heterocycles. The summed E-state index contributed by atoms with van der Waals surface area (Å²) < 4.78 is 0. The Balaban J connectivity index is 0.905. The van der Waals surface area contributed by atoms with Crippen LogP contribution in [0.1, 0.15) is 105 Å². The monoisotopic (exact) mass is 844 g/mol. The Labute approximate surface area is 363 Å². The quantitative estimate of drug-likeness (QED) is 0.0828. The molecule has 9 rings (SSSR count).